The van der Waals surface area contributed by atoms with E-state index in [1.807, 2.05) is 45.2 Å². The van der Waals surface area contributed by atoms with Gasteiger partial charge in [-0.25, -0.2) is 9.67 Å². The first-order valence-electron chi connectivity index (χ1n) is 13.9. The number of rotatable bonds is 10. The van der Waals surface area contributed by atoms with E-state index in [4.69, 9.17) is 24.7 Å². The van der Waals surface area contributed by atoms with Gasteiger partial charge in [0, 0.05) is 38.3 Å². The van der Waals surface area contributed by atoms with Crippen LogP contribution in [0, 0.1) is 25.2 Å². The summed E-state index contributed by atoms with van der Waals surface area (Å²) in [6.45, 7) is 9.95. The average Bonchev–Trinajstić information content (AvgIpc) is 3.60. The molecule has 1 fully saturated rings. The van der Waals surface area contributed by atoms with Gasteiger partial charge in [0.25, 0.3) is 0 Å². The number of fused-ring (bicyclic) bond motifs is 1. The van der Waals surface area contributed by atoms with Gasteiger partial charge in [-0.15, -0.1) is 5.10 Å². The van der Waals surface area contributed by atoms with Crippen LogP contribution in [0.3, 0.4) is 0 Å². The first-order chi connectivity index (χ1) is 19.9. The molecule has 0 bridgehead atoms. The highest BCUT2D eigenvalue weighted by atomic mass is 16.5. The second-order valence-corrected chi connectivity index (χ2v) is 10.4. The van der Waals surface area contributed by atoms with Crippen molar-refractivity contribution in [2.45, 2.75) is 66.0 Å². The van der Waals surface area contributed by atoms with Gasteiger partial charge in [0.15, 0.2) is 0 Å². The van der Waals surface area contributed by atoms with E-state index in [0.717, 1.165) is 65.3 Å². The molecule has 1 aromatic carbocycles. The summed E-state index contributed by atoms with van der Waals surface area (Å²) in [7, 11) is 0. The van der Waals surface area contributed by atoms with Gasteiger partial charge in [0.1, 0.15) is 12.3 Å². The van der Waals surface area contributed by atoms with Gasteiger partial charge >= 0.3 is 0 Å². The van der Waals surface area contributed by atoms with Gasteiger partial charge in [0.05, 0.1) is 42.4 Å². The quantitative estimate of drug-likeness (QED) is 0.357. The van der Waals surface area contributed by atoms with Crippen LogP contribution in [0.5, 0.6) is 11.6 Å². The minimum absolute atomic E-state index is 0.0719. The van der Waals surface area contributed by atoms with Crippen LogP contribution in [0.2, 0.25) is 0 Å². The molecule has 0 aliphatic carbocycles. The van der Waals surface area contributed by atoms with Gasteiger partial charge in [-0.3, -0.25) is 9.69 Å². The Labute approximate surface area is 239 Å². The topological polar surface area (TPSA) is 143 Å². The number of nitrogens with zero attached hydrogens (tertiary/aromatic N) is 7. The minimum atomic E-state index is -0.0719. The molecule has 2 N–H and O–H groups in total. The molecule has 0 spiro atoms. The lowest BCUT2D eigenvalue weighted by Gasteiger charge is -2.31. The molecular formula is C29H35N9O3. The molecule has 1 saturated heterocycles. The number of nitriles is 1. The van der Waals surface area contributed by atoms with Crippen molar-refractivity contribution in [3.63, 3.8) is 0 Å². The van der Waals surface area contributed by atoms with E-state index >= 15 is 0 Å². The Hall–Kier alpha value is -4.34. The number of piperidine rings is 1. The van der Waals surface area contributed by atoms with Crippen molar-refractivity contribution >= 4 is 17.9 Å². The zero-order valence-corrected chi connectivity index (χ0v) is 23.7. The molecule has 2 aliphatic rings. The Balaban J connectivity index is 1.21. The van der Waals surface area contributed by atoms with Crippen LogP contribution in [0.1, 0.15) is 53.4 Å². The van der Waals surface area contributed by atoms with Crippen molar-refractivity contribution in [1.29, 1.82) is 5.26 Å². The summed E-state index contributed by atoms with van der Waals surface area (Å²) in [5.41, 5.74) is 5.43. The number of nitrogens with one attached hydrogen (secondary N) is 2. The maximum absolute atomic E-state index is 11.8. The van der Waals surface area contributed by atoms with Crippen LogP contribution in [-0.2, 0) is 35.8 Å². The molecule has 12 heteroatoms. The summed E-state index contributed by atoms with van der Waals surface area (Å²) in [6, 6.07) is 6.24. The van der Waals surface area contributed by atoms with E-state index in [9.17, 15) is 4.79 Å². The molecule has 4 heterocycles. The van der Waals surface area contributed by atoms with Crippen LogP contribution >= 0.6 is 0 Å². The van der Waals surface area contributed by atoms with E-state index in [0.29, 0.717) is 38.1 Å². The van der Waals surface area contributed by atoms with E-state index in [1.165, 1.54) is 6.08 Å². The molecule has 5 rings (SSSR count). The van der Waals surface area contributed by atoms with Crippen molar-refractivity contribution in [2.24, 2.45) is 0 Å². The number of benzene rings is 1. The monoisotopic (exact) mass is 557 g/mol. The van der Waals surface area contributed by atoms with E-state index in [2.05, 4.69) is 25.8 Å². The summed E-state index contributed by atoms with van der Waals surface area (Å²) in [5.74, 6) is 1.72. The van der Waals surface area contributed by atoms with Gasteiger partial charge < -0.3 is 20.1 Å². The highest BCUT2D eigenvalue weighted by molar-refractivity contribution is 5.75. The molecule has 0 unspecified atom stereocenters. The molecule has 2 aliphatic heterocycles. The van der Waals surface area contributed by atoms with E-state index in [-0.39, 0.29) is 18.5 Å². The number of likely N-dealkylation sites (N-methyl/N-ethyl adjacent to an activating group) is 1. The molecule has 2 aromatic heterocycles. The van der Waals surface area contributed by atoms with Gasteiger partial charge in [0.2, 0.25) is 17.7 Å². The Morgan fingerprint density at radius 1 is 1.22 bits per heavy atom. The summed E-state index contributed by atoms with van der Waals surface area (Å²) in [5, 5.41) is 23.5. The Bertz CT molecular complexity index is 1450. The number of likely N-dealkylation sites (tertiary alicyclic amines) is 1. The van der Waals surface area contributed by atoms with Crippen LogP contribution in [0.4, 0.5) is 5.95 Å². The second-order valence-electron chi connectivity index (χ2n) is 10.4. The summed E-state index contributed by atoms with van der Waals surface area (Å²) < 4.78 is 13.6. The number of amides is 1. The van der Waals surface area contributed by atoms with Crippen LogP contribution in [0.15, 0.2) is 24.4 Å². The first-order valence-corrected chi connectivity index (χ1v) is 13.9. The van der Waals surface area contributed by atoms with E-state index < -0.39 is 0 Å². The molecule has 214 valence electrons. The maximum atomic E-state index is 11.8. The molecule has 0 saturated carbocycles. The third kappa shape index (κ3) is 7.06. The van der Waals surface area contributed by atoms with Crippen molar-refractivity contribution in [3.05, 3.63) is 58.0 Å². The van der Waals surface area contributed by atoms with Crippen molar-refractivity contribution in [1.82, 2.24) is 35.2 Å². The normalized spacial score (nSPS) is 15.6. The van der Waals surface area contributed by atoms with Crippen LogP contribution in [0.25, 0.3) is 6.08 Å². The van der Waals surface area contributed by atoms with Gasteiger partial charge in [-0.2, -0.15) is 10.2 Å². The van der Waals surface area contributed by atoms with Gasteiger partial charge in [-0.1, -0.05) is 5.21 Å². The molecule has 12 nitrogen and oxygen atoms in total. The molecule has 1 amide bonds. The standard InChI is InChI=1S/C29H35N9O3/c1-4-31-26(39)16-38-15-23(35-36-38)14-37-10-7-22(8-11-37)32-29-33-25-18-40-17-24(25)28(34-29)41-27-19(2)12-21(6-5-9-30)13-20(27)3/h5-6,12-13,15,22H,4,7-8,10-11,14,16-18H2,1-3H3,(H,31,39)(H,32,33,34)/b6-5+. The lowest BCUT2D eigenvalue weighted by Crippen LogP contribution is -2.39. The molecular weight excluding hydrogens is 522 g/mol. The number of hydrogen-bond donors (Lipinski definition) is 2. The zero-order chi connectivity index (χ0) is 28.8. The van der Waals surface area contributed by atoms with Crippen molar-refractivity contribution < 1.29 is 14.3 Å². The number of anilines is 1. The largest absolute Gasteiger partial charge is 0.438 e. The predicted octanol–water partition coefficient (Wildman–Crippen LogP) is 3.26. The number of ether oxygens (including phenoxy) is 2. The molecule has 3 aromatic rings. The Morgan fingerprint density at radius 3 is 2.73 bits per heavy atom. The average molecular weight is 558 g/mol. The van der Waals surface area contributed by atoms with Crippen LogP contribution < -0.4 is 15.4 Å². The Kier molecular flexibility index (Phi) is 8.86. The van der Waals surface area contributed by atoms with Crippen molar-refractivity contribution in [3.8, 4) is 17.7 Å². The summed E-state index contributed by atoms with van der Waals surface area (Å²) in [6.07, 6.45) is 6.94. The lowest BCUT2D eigenvalue weighted by atomic mass is 10.1. The minimum Gasteiger partial charge on any atom is -0.438 e. The van der Waals surface area contributed by atoms with E-state index in [1.54, 1.807) is 10.8 Å². The smallest absolute Gasteiger partial charge is 0.241 e. The fraction of sp³-hybridized carbons (Fsp3) is 0.448. The van der Waals surface area contributed by atoms with Crippen LogP contribution in [-0.4, -0.2) is 61.4 Å². The second kappa shape index (κ2) is 12.9. The number of aromatic nitrogens is 5. The summed E-state index contributed by atoms with van der Waals surface area (Å²) in [4.78, 5) is 23.6. The number of aryl methyl sites for hydroxylation is 2. The Morgan fingerprint density at radius 2 is 2.00 bits per heavy atom. The number of carbonyl (C=O) groups is 1. The SMILES string of the molecule is CCNC(=O)Cn1cc(CN2CCC(Nc3nc4c(c(Oc5c(C)cc(/C=C/C#N)cc5C)n3)COC4)CC2)nn1. The maximum Gasteiger partial charge on any atom is 0.241 e. The highest BCUT2D eigenvalue weighted by Crippen LogP contribution is 2.35. The van der Waals surface area contributed by atoms with Gasteiger partial charge in [-0.05, 0) is 68.5 Å². The summed E-state index contributed by atoms with van der Waals surface area (Å²) >= 11 is 0. The first kappa shape index (κ1) is 28.2. The molecule has 0 atom stereocenters. The third-order valence-corrected chi connectivity index (χ3v) is 7.14. The number of allylic oxidation sites excluding steroid dienone is 1. The van der Waals surface area contributed by atoms with Crippen molar-refractivity contribution in [2.75, 3.05) is 25.0 Å². The lowest BCUT2D eigenvalue weighted by molar-refractivity contribution is -0.121. The predicted molar refractivity (Wildman–Crippen MR) is 152 cm³/mol. The molecule has 41 heavy (non-hydrogen) atoms. The number of hydrogen-bond acceptors (Lipinski definition) is 10. The fourth-order valence-corrected chi connectivity index (χ4v) is 5.18. The number of carbonyl (C=O) groups excluding carboxylic acids is 1. The zero-order valence-electron chi connectivity index (χ0n) is 23.7. The third-order valence-electron chi connectivity index (χ3n) is 7.14. The fourth-order valence-electron chi connectivity index (χ4n) is 5.18. The highest BCUT2D eigenvalue weighted by Gasteiger charge is 2.25. The molecule has 0 radical (unpaired) electrons.